The lowest BCUT2D eigenvalue weighted by Gasteiger charge is -2.36. The van der Waals surface area contributed by atoms with Crippen LogP contribution < -0.4 is 0 Å². The Morgan fingerprint density at radius 1 is 1.24 bits per heavy atom. The van der Waals surface area contributed by atoms with Crippen LogP contribution in [-0.2, 0) is 6.54 Å². The molecule has 118 valence electrons. The van der Waals surface area contributed by atoms with Crippen LogP contribution in [0.4, 0.5) is 0 Å². The molecule has 2 aliphatic rings. The average Bonchev–Trinajstić information content (AvgIpc) is 3.09. The van der Waals surface area contributed by atoms with Gasteiger partial charge in [-0.3, -0.25) is 4.90 Å². The molecule has 21 heavy (non-hydrogen) atoms. The van der Waals surface area contributed by atoms with Crippen LogP contribution in [0, 0.1) is 5.92 Å². The second-order valence-electron chi connectivity index (χ2n) is 6.90. The number of hydrogen-bond acceptors (Lipinski definition) is 5. The number of aliphatic hydroxyl groups is 1. The molecule has 3 rings (SSSR count). The average molecular weight is 293 g/mol. The Kier molecular flexibility index (Phi) is 4.60. The number of rotatable bonds is 4. The van der Waals surface area contributed by atoms with Gasteiger partial charge in [-0.05, 0) is 32.2 Å². The zero-order valence-electron chi connectivity index (χ0n) is 13.2. The summed E-state index contributed by atoms with van der Waals surface area (Å²) in [6.45, 7) is 5.96. The largest absolute Gasteiger partial charge is 0.393 e. The Morgan fingerprint density at radius 2 is 2.05 bits per heavy atom. The van der Waals surface area contributed by atoms with Crippen molar-refractivity contribution in [2.45, 2.75) is 77.0 Å². The highest BCUT2D eigenvalue weighted by Gasteiger charge is 2.37. The van der Waals surface area contributed by atoms with Gasteiger partial charge >= 0.3 is 0 Å². The van der Waals surface area contributed by atoms with E-state index in [0.717, 1.165) is 37.6 Å². The Hall–Kier alpha value is -0.940. The van der Waals surface area contributed by atoms with Gasteiger partial charge in [0.25, 0.3) is 0 Å². The first-order chi connectivity index (χ1) is 10.1. The third kappa shape index (κ3) is 3.29. The van der Waals surface area contributed by atoms with Crippen molar-refractivity contribution in [1.82, 2.24) is 15.0 Å². The van der Waals surface area contributed by atoms with Crippen LogP contribution in [0.25, 0.3) is 0 Å². The lowest BCUT2D eigenvalue weighted by molar-refractivity contribution is 0.0194. The smallest absolute Gasteiger partial charge is 0.229 e. The third-order valence-electron chi connectivity index (χ3n) is 5.01. The number of nitrogens with zero attached hydrogens (tertiary/aromatic N) is 3. The van der Waals surface area contributed by atoms with Crippen molar-refractivity contribution in [3.8, 4) is 0 Å². The van der Waals surface area contributed by atoms with Crippen molar-refractivity contribution in [1.29, 1.82) is 0 Å². The number of hydrogen-bond donors (Lipinski definition) is 1. The van der Waals surface area contributed by atoms with E-state index in [-0.39, 0.29) is 12.0 Å². The molecule has 5 nitrogen and oxygen atoms in total. The summed E-state index contributed by atoms with van der Waals surface area (Å²) in [5.74, 6) is 2.22. The van der Waals surface area contributed by atoms with Crippen LogP contribution in [-0.4, -0.2) is 38.8 Å². The Balaban J connectivity index is 1.65. The molecule has 1 saturated carbocycles. The molecule has 2 fully saturated rings. The second kappa shape index (κ2) is 6.44. The molecule has 1 N–H and O–H groups in total. The van der Waals surface area contributed by atoms with Gasteiger partial charge in [-0.15, -0.1) is 0 Å². The standard InChI is InChI=1S/C16H27N3O2/c1-11(2)16-17-15(18-21-16)10-19-9-5-7-13(19)12-6-3-4-8-14(12)20/h11-14,20H,3-10H2,1-2H3. The van der Waals surface area contributed by atoms with Crippen molar-refractivity contribution >= 4 is 0 Å². The van der Waals surface area contributed by atoms with Crippen molar-refractivity contribution < 1.29 is 9.63 Å². The molecule has 2 heterocycles. The Morgan fingerprint density at radius 3 is 2.76 bits per heavy atom. The molecule has 0 aromatic carbocycles. The molecule has 0 spiro atoms. The molecular formula is C16H27N3O2. The SMILES string of the molecule is CC(C)c1nc(CN2CCCC2C2CCCCC2O)no1. The van der Waals surface area contributed by atoms with Crippen molar-refractivity contribution in [2.75, 3.05) is 6.54 Å². The Labute approximate surface area is 126 Å². The number of aromatic nitrogens is 2. The minimum Gasteiger partial charge on any atom is -0.393 e. The predicted octanol–water partition coefficient (Wildman–Crippen LogP) is 2.71. The van der Waals surface area contributed by atoms with Crippen molar-refractivity contribution in [3.05, 3.63) is 11.7 Å². The summed E-state index contributed by atoms with van der Waals surface area (Å²) in [5, 5.41) is 14.4. The summed E-state index contributed by atoms with van der Waals surface area (Å²) in [6.07, 6.45) is 6.83. The first kappa shape index (κ1) is 15.0. The zero-order valence-corrected chi connectivity index (χ0v) is 13.2. The molecule has 0 radical (unpaired) electrons. The molecule has 1 aromatic rings. The fourth-order valence-electron chi connectivity index (χ4n) is 3.87. The van der Waals surface area contributed by atoms with E-state index in [1.54, 1.807) is 0 Å². The van der Waals surface area contributed by atoms with Gasteiger partial charge in [-0.25, -0.2) is 0 Å². The molecular weight excluding hydrogens is 266 g/mol. The molecule has 3 atom stereocenters. The zero-order chi connectivity index (χ0) is 14.8. The van der Waals surface area contributed by atoms with E-state index in [4.69, 9.17) is 4.52 Å². The topological polar surface area (TPSA) is 62.4 Å². The van der Waals surface area contributed by atoms with E-state index in [1.807, 2.05) is 0 Å². The number of likely N-dealkylation sites (tertiary alicyclic amines) is 1. The maximum absolute atomic E-state index is 10.3. The molecule has 1 aliphatic carbocycles. The molecule has 3 unspecified atom stereocenters. The van der Waals surface area contributed by atoms with E-state index in [0.29, 0.717) is 12.0 Å². The first-order valence-corrected chi connectivity index (χ1v) is 8.39. The maximum Gasteiger partial charge on any atom is 0.229 e. The first-order valence-electron chi connectivity index (χ1n) is 8.39. The summed E-state index contributed by atoms with van der Waals surface area (Å²) in [5.41, 5.74) is 0. The van der Waals surface area contributed by atoms with E-state index in [9.17, 15) is 5.11 Å². The van der Waals surface area contributed by atoms with Crippen LogP contribution in [0.1, 0.15) is 70.0 Å². The normalized spacial score (nSPS) is 31.1. The lowest BCUT2D eigenvalue weighted by Crippen LogP contribution is -2.42. The van der Waals surface area contributed by atoms with Gasteiger partial charge in [0.05, 0.1) is 12.6 Å². The van der Waals surface area contributed by atoms with Crippen LogP contribution in [0.3, 0.4) is 0 Å². The molecule has 1 aliphatic heterocycles. The van der Waals surface area contributed by atoms with Gasteiger partial charge in [0, 0.05) is 17.9 Å². The number of aliphatic hydroxyl groups excluding tert-OH is 1. The van der Waals surface area contributed by atoms with Crippen LogP contribution in [0.15, 0.2) is 4.52 Å². The van der Waals surface area contributed by atoms with Crippen LogP contribution >= 0.6 is 0 Å². The summed E-state index contributed by atoms with van der Waals surface area (Å²) >= 11 is 0. The van der Waals surface area contributed by atoms with Crippen LogP contribution in [0.2, 0.25) is 0 Å². The van der Waals surface area contributed by atoms with Crippen molar-refractivity contribution in [3.63, 3.8) is 0 Å². The highest BCUT2D eigenvalue weighted by atomic mass is 16.5. The van der Waals surface area contributed by atoms with E-state index >= 15 is 0 Å². The van der Waals surface area contributed by atoms with Gasteiger partial charge in [0.2, 0.25) is 5.89 Å². The van der Waals surface area contributed by atoms with E-state index < -0.39 is 0 Å². The fourth-order valence-corrected chi connectivity index (χ4v) is 3.87. The predicted molar refractivity (Wildman–Crippen MR) is 79.8 cm³/mol. The van der Waals surface area contributed by atoms with Gasteiger partial charge in [-0.2, -0.15) is 4.98 Å². The summed E-state index contributed by atoms with van der Waals surface area (Å²) < 4.78 is 5.30. The van der Waals surface area contributed by atoms with Gasteiger partial charge in [-0.1, -0.05) is 31.8 Å². The second-order valence-corrected chi connectivity index (χ2v) is 6.90. The minimum absolute atomic E-state index is 0.124. The molecule has 5 heteroatoms. The molecule has 1 aromatic heterocycles. The third-order valence-corrected chi connectivity index (χ3v) is 5.01. The van der Waals surface area contributed by atoms with Gasteiger partial charge < -0.3 is 9.63 Å². The Bertz CT molecular complexity index is 460. The summed E-state index contributed by atoms with van der Waals surface area (Å²) in [7, 11) is 0. The molecule has 0 bridgehead atoms. The van der Waals surface area contributed by atoms with Gasteiger partial charge in [0.1, 0.15) is 0 Å². The van der Waals surface area contributed by atoms with Gasteiger partial charge in [0.15, 0.2) is 5.82 Å². The monoisotopic (exact) mass is 293 g/mol. The minimum atomic E-state index is -0.124. The van der Waals surface area contributed by atoms with E-state index in [2.05, 4.69) is 28.9 Å². The maximum atomic E-state index is 10.3. The summed E-state index contributed by atoms with van der Waals surface area (Å²) in [4.78, 5) is 6.94. The quantitative estimate of drug-likeness (QED) is 0.924. The summed E-state index contributed by atoms with van der Waals surface area (Å²) in [6, 6.07) is 0.487. The highest BCUT2D eigenvalue weighted by molar-refractivity contribution is 4.95. The fraction of sp³-hybridized carbons (Fsp3) is 0.875. The lowest BCUT2D eigenvalue weighted by atomic mass is 9.80. The van der Waals surface area contributed by atoms with Crippen molar-refractivity contribution in [2.24, 2.45) is 5.92 Å². The van der Waals surface area contributed by atoms with Crippen LogP contribution in [0.5, 0.6) is 0 Å². The molecule has 1 saturated heterocycles. The highest BCUT2D eigenvalue weighted by Crippen LogP contribution is 2.35. The molecule has 0 amide bonds. The van der Waals surface area contributed by atoms with E-state index in [1.165, 1.54) is 25.7 Å².